The summed E-state index contributed by atoms with van der Waals surface area (Å²) >= 11 is 0. The zero-order valence-electron chi connectivity index (χ0n) is 18.2. The van der Waals surface area contributed by atoms with Crippen LogP contribution in [0.25, 0.3) is 21.7 Å². The molecule has 1 aliphatic carbocycles. The molecule has 4 aromatic rings. The summed E-state index contributed by atoms with van der Waals surface area (Å²) in [6.45, 7) is 3.49. The van der Waals surface area contributed by atoms with Crippen LogP contribution in [0.2, 0.25) is 0 Å². The van der Waals surface area contributed by atoms with Crippen LogP contribution < -0.4 is 20.1 Å². The predicted octanol–water partition coefficient (Wildman–Crippen LogP) is 4.75. The van der Waals surface area contributed by atoms with Gasteiger partial charge in [-0.25, -0.2) is 9.97 Å². The van der Waals surface area contributed by atoms with Crippen LogP contribution in [0, 0.1) is 0 Å². The summed E-state index contributed by atoms with van der Waals surface area (Å²) in [5.41, 5.74) is 1.72. The Labute approximate surface area is 191 Å². The summed E-state index contributed by atoms with van der Waals surface area (Å²) in [6, 6.07) is 18.2. The van der Waals surface area contributed by atoms with Gasteiger partial charge < -0.3 is 20.1 Å². The van der Waals surface area contributed by atoms with Crippen molar-refractivity contribution in [1.29, 1.82) is 0 Å². The minimum Gasteiger partial charge on any atom is -0.493 e. The van der Waals surface area contributed by atoms with Crippen molar-refractivity contribution in [2.24, 2.45) is 0 Å². The van der Waals surface area contributed by atoms with Crippen molar-refractivity contribution < 1.29 is 14.3 Å². The number of methoxy groups -OCH3 is 1. The Bertz CT molecular complexity index is 1340. The van der Waals surface area contributed by atoms with Crippen LogP contribution in [0.4, 0.5) is 11.5 Å². The van der Waals surface area contributed by atoms with E-state index in [1.807, 2.05) is 36.4 Å². The normalized spacial score (nSPS) is 17.2. The van der Waals surface area contributed by atoms with E-state index < -0.39 is 0 Å². The zero-order chi connectivity index (χ0) is 22.8. The van der Waals surface area contributed by atoms with Crippen LogP contribution in [0.5, 0.6) is 11.5 Å². The third kappa shape index (κ3) is 4.17. The van der Waals surface area contributed by atoms with E-state index >= 15 is 0 Å². The summed E-state index contributed by atoms with van der Waals surface area (Å²) in [6.07, 6.45) is 4.27. The molecular weight excluding hydrogens is 416 g/mol. The Kier molecular flexibility index (Phi) is 5.52. The molecule has 3 aromatic carbocycles. The van der Waals surface area contributed by atoms with Crippen molar-refractivity contribution in [3.8, 4) is 11.5 Å². The van der Waals surface area contributed by atoms with Crippen molar-refractivity contribution in [3.05, 3.63) is 73.6 Å². The van der Waals surface area contributed by atoms with Gasteiger partial charge in [0.05, 0.1) is 12.6 Å². The molecule has 5 rings (SSSR count). The highest BCUT2D eigenvalue weighted by Gasteiger charge is 2.32. The van der Waals surface area contributed by atoms with Crippen LogP contribution >= 0.6 is 0 Å². The topological polar surface area (TPSA) is 85.4 Å². The van der Waals surface area contributed by atoms with Gasteiger partial charge >= 0.3 is 0 Å². The number of anilines is 2. The van der Waals surface area contributed by atoms with Gasteiger partial charge in [-0.1, -0.05) is 43.0 Å². The highest BCUT2D eigenvalue weighted by Crippen LogP contribution is 2.38. The lowest BCUT2D eigenvalue weighted by Crippen LogP contribution is -2.48. The Hall–Kier alpha value is -4.13. The maximum Gasteiger partial charge on any atom is 0.243 e. The van der Waals surface area contributed by atoms with Gasteiger partial charge in [0, 0.05) is 41.4 Å². The first-order chi connectivity index (χ1) is 16.1. The minimum atomic E-state index is -0.164. The van der Waals surface area contributed by atoms with Crippen molar-refractivity contribution >= 4 is 39.1 Å². The summed E-state index contributed by atoms with van der Waals surface area (Å²) < 4.78 is 11.8. The number of benzene rings is 3. The van der Waals surface area contributed by atoms with Crippen LogP contribution in [-0.4, -0.2) is 35.1 Å². The van der Waals surface area contributed by atoms with E-state index in [0.29, 0.717) is 17.3 Å². The average Bonchev–Trinajstić information content (AvgIpc) is 2.82. The first kappa shape index (κ1) is 20.8. The standard InChI is InChI=1S/C26H24N4O3/c1-3-25(31)29-17-11-18(12-17)33-24-13-20-22(14-23(24)32-2)27-15-28-26(20)30-21-10-6-8-16-7-4-5-9-19(16)21/h3-10,13-15,17-18H,1,11-12H2,2H3,(H,29,31)(H,27,28,30). The van der Waals surface area contributed by atoms with Gasteiger partial charge in [-0.15, -0.1) is 0 Å². The quantitative estimate of drug-likeness (QED) is 0.404. The van der Waals surface area contributed by atoms with Crippen LogP contribution in [0.15, 0.2) is 73.6 Å². The summed E-state index contributed by atoms with van der Waals surface area (Å²) in [5, 5.41) is 9.45. The summed E-state index contributed by atoms with van der Waals surface area (Å²) in [7, 11) is 1.61. The Morgan fingerprint density at radius 3 is 2.70 bits per heavy atom. The van der Waals surface area contributed by atoms with E-state index in [2.05, 4.69) is 45.4 Å². The fourth-order valence-electron chi connectivity index (χ4n) is 4.10. The molecule has 166 valence electrons. The third-order valence-corrected chi connectivity index (χ3v) is 5.88. The molecule has 0 bridgehead atoms. The zero-order valence-corrected chi connectivity index (χ0v) is 18.2. The van der Waals surface area contributed by atoms with Gasteiger partial charge in [0.25, 0.3) is 0 Å². The molecule has 0 unspecified atom stereocenters. The molecule has 1 aliphatic rings. The van der Waals surface area contributed by atoms with E-state index in [-0.39, 0.29) is 18.1 Å². The molecule has 0 radical (unpaired) electrons. The van der Waals surface area contributed by atoms with E-state index in [0.717, 1.165) is 40.2 Å². The van der Waals surface area contributed by atoms with Crippen molar-refractivity contribution in [2.45, 2.75) is 25.0 Å². The molecule has 0 spiro atoms. The second-order valence-corrected chi connectivity index (χ2v) is 8.02. The molecule has 1 amide bonds. The molecule has 1 fully saturated rings. The smallest absolute Gasteiger partial charge is 0.243 e. The molecule has 1 aromatic heterocycles. The molecule has 0 atom stereocenters. The lowest BCUT2D eigenvalue weighted by Gasteiger charge is -2.35. The van der Waals surface area contributed by atoms with Gasteiger partial charge in [0.15, 0.2) is 11.5 Å². The summed E-state index contributed by atoms with van der Waals surface area (Å²) in [4.78, 5) is 20.4. The first-order valence-corrected chi connectivity index (χ1v) is 10.8. The maximum absolute atomic E-state index is 11.5. The average molecular weight is 441 g/mol. The molecule has 0 aliphatic heterocycles. The molecule has 7 heteroatoms. The Balaban J connectivity index is 1.44. The van der Waals surface area contributed by atoms with E-state index in [1.54, 1.807) is 7.11 Å². The van der Waals surface area contributed by atoms with Gasteiger partial charge in [0.1, 0.15) is 18.2 Å². The highest BCUT2D eigenvalue weighted by atomic mass is 16.5. The van der Waals surface area contributed by atoms with Crippen LogP contribution in [0.1, 0.15) is 12.8 Å². The number of carbonyl (C=O) groups excluding carboxylic acids is 1. The predicted molar refractivity (Wildman–Crippen MR) is 129 cm³/mol. The number of fused-ring (bicyclic) bond motifs is 2. The monoisotopic (exact) mass is 440 g/mol. The fraction of sp³-hybridized carbons (Fsp3) is 0.192. The number of hydrogen-bond donors (Lipinski definition) is 2. The summed E-state index contributed by atoms with van der Waals surface area (Å²) in [5.74, 6) is 1.76. The Morgan fingerprint density at radius 1 is 1.06 bits per heavy atom. The molecule has 2 N–H and O–H groups in total. The van der Waals surface area contributed by atoms with Crippen molar-refractivity contribution in [2.75, 3.05) is 12.4 Å². The molecule has 33 heavy (non-hydrogen) atoms. The van der Waals surface area contributed by atoms with Crippen LogP contribution in [-0.2, 0) is 4.79 Å². The Morgan fingerprint density at radius 2 is 1.88 bits per heavy atom. The number of nitrogens with zero attached hydrogens (tertiary/aromatic N) is 2. The highest BCUT2D eigenvalue weighted by molar-refractivity contribution is 5.99. The number of rotatable bonds is 7. The largest absolute Gasteiger partial charge is 0.493 e. The second-order valence-electron chi connectivity index (χ2n) is 8.02. The van der Waals surface area contributed by atoms with Gasteiger partial charge in [-0.3, -0.25) is 4.79 Å². The lowest BCUT2D eigenvalue weighted by atomic mass is 9.89. The van der Waals surface area contributed by atoms with Crippen molar-refractivity contribution in [3.63, 3.8) is 0 Å². The lowest BCUT2D eigenvalue weighted by molar-refractivity contribution is -0.118. The number of amides is 1. The minimum absolute atomic E-state index is 0.00873. The molecule has 1 heterocycles. The van der Waals surface area contributed by atoms with E-state index in [1.165, 1.54) is 12.4 Å². The van der Waals surface area contributed by atoms with Crippen molar-refractivity contribution in [1.82, 2.24) is 15.3 Å². The van der Waals surface area contributed by atoms with Gasteiger partial charge in [0.2, 0.25) is 5.91 Å². The van der Waals surface area contributed by atoms with Gasteiger partial charge in [-0.05, 0) is 23.6 Å². The van der Waals surface area contributed by atoms with E-state index in [4.69, 9.17) is 9.47 Å². The van der Waals surface area contributed by atoms with E-state index in [9.17, 15) is 4.79 Å². The first-order valence-electron chi connectivity index (χ1n) is 10.8. The number of hydrogen-bond acceptors (Lipinski definition) is 6. The maximum atomic E-state index is 11.5. The number of ether oxygens (including phenoxy) is 2. The van der Waals surface area contributed by atoms with Crippen LogP contribution in [0.3, 0.4) is 0 Å². The fourth-order valence-corrected chi connectivity index (χ4v) is 4.10. The number of aromatic nitrogens is 2. The van der Waals surface area contributed by atoms with Gasteiger partial charge in [-0.2, -0.15) is 0 Å². The molecular formula is C26H24N4O3. The number of carbonyl (C=O) groups is 1. The SMILES string of the molecule is C=CC(=O)NC1CC(Oc2cc3c(Nc4cccc5ccccc45)ncnc3cc2OC)C1. The number of nitrogens with one attached hydrogen (secondary N) is 2. The molecule has 0 saturated heterocycles. The molecule has 1 saturated carbocycles. The molecule has 7 nitrogen and oxygen atoms in total. The second kappa shape index (κ2) is 8.78. The third-order valence-electron chi connectivity index (χ3n) is 5.88.